The highest BCUT2D eigenvalue weighted by molar-refractivity contribution is 9.10. The topological polar surface area (TPSA) is 87.0 Å². The van der Waals surface area contributed by atoms with E-state index < -0.39 is 0 Å². The van der Waals surface area contributed by atoms with Gasteiger partial charge in [-0.25, -0.2) is 4.98 Å². The van der Waals surface area contributed by atoms with Crippen molar-refractivity contribution in [2.45, 2.75) is 0 Å². The number of carbonyl (C=O) groups excluding carboxylic acids is 1. The Bertz CT molecular complexity index is 1000. The van der Waals surface area contributed by atoms with Crippen LogP contribution in [0.4, 0.5) is 5.82 Å². The number of carbonyl (C=O) groups is 1. The molecular formula is C20H17BrN4O2. The Hall–Kier alpha value is -3.11. The zero-order valence-electron chi connectivity index (χ0n) is 14.4. The second kappa shape index (κ2) is 9.01. The molecule has 1 aromatic heterocycles. The molecule has 2 N–H and O–H groups in total. The van der Waals surface area contributed by atoms with Crippen LogP contribution in [0.1, 0.15) is 5.56 Å². The zero-order valence-corrected chi connectivity index (χ0v) is 16.0. The number of ether oxygens (including phenoxy) is 1. The number of halogens is 1. The second-order valence-electron chi connectivity index (χ2n) is 5.73. The number of amides is 1. The van der Waals surface area contributed by atoms with Gasteiger partial charge in [0.2, 0.25) is 0 Å². The minimum Gasteiger partial charge on any atom is -0.484 e. The number of anilines is 1. The van der Waals surface area contributed by atoms with Gasteiger partial charge >= 0.3 is 0 Å². The summed E-state index contributed by atoms with van der Waals surface area (Å²) in [5.74, 6) is 0.938. The Labute approximate surface area is 165 Å². The van der Waals surface area contributed by atoms with Crippen LogP contribution < -0.4 is 15.4 Å². The third-order valence-electron chi connectivity index (χ3n) is 3.81. The van der Waals surface area contributed by atoms with Crippen LogP contribution in [0.2, 0.25) is 0 Å². The normalized spacial score (nSPS) is 10.2. The minimum atomic E-state index is -0.214. The highest BCUT2D eigenvalue weighted by Gasteiger charge is 2.05. The molecule has 0 aliphatic carbocycles. The molecule has 0 spiro atoms. The number of pyridine rings is 1. The average molecular weight is 425 g/mol. The van der Waals surface area contributed by atoms with Crippen molar-refractivity contribution in [1.29, 1.82) is 5.26 Å². The van der Waals surface area contributed by atoms with Gasteiger partial charge in [0.05, 0.1) is 5.56 Å². The molecule has 27 heavy (non-hydrogen) atoms. The number of hydrogen-bond acceptors (Lipinski definition) is 5. The first-order valence-corrected chi connectivity index (χ1v) is 9.13. The highest BCUT2D eigenvalue weighted by atomic mass is 79.9. The maximum absolute atomic E-state index is 11.9. The molecule has 0 saturated carbocycles. The van der Waals surface area contributed by atoms with Gasteiger partial charge in [-0.15, -0.1) is 0 Å². The lowest BCUT2D eigenvalue weighted by atomic mass is 10.1. The number of nitriles is 1. The smallest absolute Gasteiger partial charge is 0.258 e. The van der Waals surface area contributed by atoms with E-state index in [4.69, 9.17) is 10.00 Å². The maximum atomic E-state index is 11.9. The van der Waals surface area contributed by atoms with Crippen molar-refractivity contribution in [3.8, 4) is 11.8 Å². The van der Waals surface area contributed by atoms with E-state index >= 15 is 0 Å². The number of hydrogen-bond donors (Lipinski definition) is 2. The molecule has 0 aliphatic heterocycles. The first-order chi connectivity index (χ1) is 13.2. The van der Waals surface area contributed by atoms with E-state index in [1.54, 1.807) is 18.3 Å². The lowest BCUT2D eigenvalue weighted by Gasteiger charge is -2.10. The number of nitrogens with one attached hydrogen (secondary N) is 2. The highest BCUT2D eigenvalue weighted by Crippen LogP contribution is 2.24. The largest absolute Gasteiger partial charge is 0.484 e. The lowest BCUT2D eigenvalue weighted by Crippen LogP contribution is -2.32. The van der Waals surface area contributed by atoms with Gasteiger partial charge in [-0.2, -0.15) is 5.26 Å². The van der Waals surface area contributed by atoms with Crippen LogP contribution in [0.15, 0.2) is 59.2 Å². The van der Waals surface area contributed by atoms with Gasteiger partial charge in [0.1, 0.15) is 17.6 Å². The summed E-state index contributed by atoms with van der Waals surface area (Å²) in [6.45, 7) is 0.798. The molecule has 0 bridgehead atoms. The molecule has 0 radical (unpaired) electrons. The monoisotopic (exact) mass is 424 g/mol. The van der Waals surface area contributed by atoms with Crippen LogP contribution in [0.25, 0.3) is 10.8 Å². The molecule has 136 valence electrons. The Kier molecular flexibility index (Phi) is 6.23. The van der Waals surface area contributed by atoms with Gasteiger partial charge in [0, 0.05) is 23.8 Å². The number of fused-ring (bicyclic) bond motifs is 1. The molecule has 1 heterocycles. The molecule has 0 saturated heterocycles. The summed E-state index contributed by atoms with van der Waals surface area (Å²) in [7, 11) is 0. The molecule has 0 unspecified atom stereocenters. The predicted molar refractivity (Wildman–Crippen MR) is 108 cm³/mol. The van der Waals surface area contributed by atoms with E-state index in [-0.39, 0.29) is 12.5 Å². The summed E-state index contributed by atoms with van der Waals surface area (Å²) >= 11 is 3.44. The van der Waals surface area contributed by atoms with Crippen molar-refractivity contribution in [2.75, 3.05) is 25.0 Å². The molecule has 6 nitrogen and oxygen atoms in total. The SMILES string of the molecule is N#Cc1cccnc1NCCNC(=O)COc1ccc2cc(Br)ccc2c1. The van der Waals surface area contributed by atoms with Crippen LogP contribution in [-0.2, 0) is 4.79 Å². The summed E-state index contributed by atoms with van der Waals surface area (Å²) in [5.41, 5.74) is 0.468. The molecule has 3 aromatic rings. The van der Waals surface area contributed by atoms with E-state index in [2.05, 4.69) is 37.6 Å². The van der Waals surface area contributed by atoms with E-state index in [1.165, 1.54) is 0 Å². The van der Waals surface area contributed by atoms with Crippen LogP contribution in [0, 0.1) is 11.3 Å². The Balaban J connectivity index is 1.43. The van der Waals surface area contributed by atoms with Gasteiger partial charge in [-0.3, -0.25) is 4.79 Å². The molecule has 0 atom stereocenters. The van der Waals surface area contributed by atoms with Crippen LogP contribution in [0.3, 0.4) is 0 Å². The molecule has 7 heteroatoms. The van der Waals surface area contributed by atoms with Crippen molar-refractivity contribution in [1.82, 2.24) is 10.3 Å². The summed E-state index contributed by atoms with van der Waals surface area (Å²) in [6.07, 6.45) is 1.61. The number of nitrogens with zero attached hydrogens (tertiary/aromatic N) is 2. The quantitative estimate of drug-likeness (QED) is 0.566. The molecule has 3 rings (SSSR count). The van der Waals surface area contributed by atoms with Gasteiger partial charge in [-0.1, -0.05) is 28.1 Å². The number of benzene rings is 2. The molecule has 0 fully saturated rings. The first-order valence-electron chi connectivity index (χ1n) is 8.33. The second-order valence-corrected chi connectivity index (χ2v) is 6.65. The molecule has 1 amide bonds. The fourth-order valence-corrected chi connectivity index (χ4v) is 2.88. The Morgan fingerprint density at radius 3 is 2.81 bits per heavy atom. The summed E-state index contributed by atoms with van der Waals surface area (Å²) in [5, 5.41) is 16.9. The minimum absolute atomic E-state index is 0.0604. The molecular weight excluding hydrogens is 408 g/mol. The van der Waals surface area contributed by atoms with Gasteiger partial charge < -0.3 is 15.4 Å². The van der Waals surface area contributed by atoms with Crippen LogP contribution in [-0.4, -0.2) is 30.6 Å². The zero-order chi connectivity index (χ0) is 19.1. The summed E-state index contributed by atoms with van der Waals surface area (Å²) < 4.78 is 6.58. The van der Waals surface area contributed by atoms with Crippen molar-refractivity contribution >= 4 is 38.4 Å². The maximum Gasteiger partial charge on any atom is 0.258 e. The predicted octanol–water partition coefficient (Wildman–Crippen LogP) is 3.48. The van der Waals surface area contributed by atoms with Gasteiger partial charge in [-0.05, 0) is 47.2 Å². The van der Waals surface area contributed by atoms with Crippen molar-refractivity contribution in [3.63, 3.8) is 0 Å². The van der Waals surface area contributed by atoms with Crippen molar-refractivity contribution in [3.05, 3.63) is 64.8 Å². The van der Waals surface area contributed by atoms with Crippen LogP contribution in [0.5, 0.6) is 5.75 Å². The number of aromatic nitrogens is 1. The summed E-state index contributed by atoms with van der Waals surface area (Å²) in [6, 6.07) is 17.1. The standard InChI is InChI=1S/C20H17BrN4O2/c21-17-5-3-15-11-18(6-4-14(15)10-17)27-13-19(26)23-8-9-25-20-16(12-22)2-1-7-24-20/h1-7,10-11H,8-9,13H2,(H,23,26)(H,24,25). The van der Waals surface area contributed by atoms with E-state index in [0.29, 0.717) is 30.2 Å². The fourth-order valence-electron chi connectivity index (χ4n) is 2.50. The average Bonchev–Trinajstić information content (AvgIpc) is 2.69. The molecule has 0 aliphatic rings. The van der Waals surface area contributed by atoms with Crippen LogP contribution >= 0.6 is 15.9 Å². The van der Waals surface area contributed by atoms with Gasteiger partial charge in [0.25, 0.3) is 5.91 Å². The Morgan fingerprint density at radius 1 is 1.15 bits per heavy atom. The number of rotatable bonds is 7. The van der Waals surface area contributed by atoms with E-state index in [0.717, 1.165) is 15.2 Å². The Morgan fingerprint density at radius 2 is 1.96 bits per heavy atom. The van der Waals surface area contributed by atoms with Gasteiger partial charge in [0.15, 0.2) is 6.61 Å². The third-order valence-corrected chi connectivity index (χ3v) is 4.30. The third kappa shape index (κ3) is 5.19. The van der Waals surface area contributed by atoms with Crippen molar-refractivity contribution in [2.24, 2.45) is 0 Å². The van der Waals surface area contributed by atoms with E-state index in [9.17, 15) is 4.79 Å². The van der Waals surface area contributed by atoms with E-state index in [1.807, 2.05) is 36.4 Å². The lowest BCUT2D eigenvalue weighted by molar-refractivity contribution is -0.123. The fraction of sp³-hybridized carbons (Fsp3) is 0.150. The molecule has 2 aromatic carbocycles. The summed E-state index contributed by atoms with van der Waals surface area (Å²) in [4.78, 5) is 16.0. The van der Waals surface area contributed by atoms with Crippen molar-refractivity contribution < 1.29 is 9.53 Å². The first kappa shape index (κ1) is 18.7.